The van der Waals surface area contributed by atoms with Crippen molar-refractivity contribution < 1.29 is 27.1 Å². The van der Waals surface area contributed by atoms with Crippen LogP contribution in [0.4, 0.5) is 4.39 Å². The van der Waals surface area contributed by atoms with Gasteiger partial charge in [-0.15, -0.1) is 0 Å². The molecule has 0 aliphatic carbocycles. The third kappa shape index (κ3) is 5.24. The molecule has 150 valence electrons. The molecule has 1 heterocycles. The van der Waals surface area contributed by atoms with E-state index in [1.54, 1.807) is 0 Å². The van der Waals surface area contributed by atoms with Gasteiger partial charge in [0.05, 0.1) is 18.0 Å². The summed E-state index contributed by atoms with van der Waals surface area (Å²) in [4.78, 5) is 23.4. The van der Waals surface area contributed by atoms with E-state index >= 15 is 0 Å². The standard InChI is InChI=1S/C17H24FN3O5S/c1-3-7-19-16(22)17(23)20-11-15-21(8-4-9-26-15)27(24,25)14-6-5-13(18)10-12(14)2/h5-6,10,15H,3-4,7-9,11H2,1-2H3,(H,19,22)(H,20,23)/t15-/m0/s1. The van der Waals surface area contributed by atoms with Gasteiger partial charge in [-0.2, -0.15) is 4.31 Å². The number of benzene rings is 1. The number of ether oxygens (including phenoxy) is 1. The summed E-state index contributed by atoms with van der Waals surface area (Å²) in [6.07, 6.45) is 0.227. The highest BCUT2D eigenvalue weighted by molar-refractivity contribution is 7.89. The third-order valence-corrected chi connectivity index (χ3v) is 6.11. The summed E-state index contributed by atoms with van der Waals surface area (Å²) in [5.74, 6) is -2.16. The Bertz CT molecular complexity index is 800. The predicted molar refractivity (Wildman–Crippen MR) is 95.7 cm³/mol. The average molecular weight is 401 g/mol. The monoisotopic (exact) mass is 401 g/mol. The van der Waals surface area contributed by atoms with Crippen LogP contribution in [0.5, 0.6) is 0 Å². The molecule has 27 heavy (non-hydrogen) atoms. The molecule has 0 spiro atoms. The number of nitrogens with one attached hydrogen (secondary N) is 2. The topological polar surface area (TPSA) is 105 Å². The fraction of sp³-hybridized carbons (Fsp3) is 0.529. The lowest BCUT2D eigenvalue weighted by atomic mass is 10.2. The Hall–Kier alpha value is -2.04. The van der Waals surface area contributed by atoms with Crippen LogP contribution in [0.1, 0.15) is 25.3 Å². The van der Waals surface area contributed by atoms with Crippen LogP contribution >= 0.6 is 0 Å². The quantitative estimate of drug-likeness (QED) is 0.676. The van der Waals surface area contributed by atoms with Gasteiger partial charge >= 0.3 is 11.8 Å². The van der Waals surface area contributed by atoms with Gasteiger partial charge in [0.2, 0.25) is 10.0 Å². The van der Waals surface area contributed by atoms with Crippen LogP contribution in [-0.2, 0) is 24.3 Å². The van der Waals surface area contributed by atoms with Crippen molar-refractivity contribution in [2.24, 2.45) is 0 Å². The van der Waals surface area contributed by atoms with E-state index in [4.69, 9.17) is 4.74 Å². The Morgan fingerprint density at radius 3 is 2.67 bits per heavy atom. The Kier molecular flexibility index (Phi) is 7.28. The maximum absolute atomic E-state index is 13.3. The van der Waals surface area contributed by atoms with Crippen molar-refractivity contribution in [1.82, 2.24) is 14.9 Å². The molecular formula is C17H24FN3O5S. The summed E-state index contributed by atoms with van der Waals surface area (Å²) in [7, 11) is -3.95. The van der Waals surface area contributed by atoms with Gasteiger partial charge in [0, 0.05) is 13.1 Å². The highest BCUT2D eigenvalue weighted by Crippen LogP contribution is 2.25. The molecule has 1 fully saturated rings. The van der Waals surface area contributed by atoms with Crippen LogP contribution in [0.2, 0.25) is 0 Å². The van der Waals surface area contributed by atoms with Crippen molar-refractivity contribution in [3.05, 3.63) is 29.6 Å². The summed E-state index contributed by atoms with van der Waals surface area (Å²) in [5.41, 5.74) is 0.280. The second-order valence-corrected chi connectivity index (χ2v) is 8.03. The molecule has 1 aliphatic heterocycles. The molecule has 2 N–H and O–H groups in total. The van der Waals surface area contributed by atoms with Crippen molar-refractivity contribution in [2.45, 2.75) is 37.8 Å². The number of sulfonamides is 1. The lowest BCUT2D eigenvalue weighted by Crippen LogP contribution is -2.53. The van der Waals surface area contributed by atoms with E-state index in [1.807, 2.05) is 6.92 Å². The minimum Gasteiger partial charge on any atom is -0.360 e. The van der Waals surface area contributed by atoms with E-state index in [0.29, 0.717) is 26.0 Å². The Labute approximate surface area is 158 Å². The molecule has 0 bridgehead atoms. The number of amides is 2. The van der Waals surface area contributed by atoms with Gasteiger partial charge in [-0.05, 0) is 43.5 Å². The van der Waals surface area contributed by atoms with Gasteiger partial charge in [-0.25, -0.2) is 12.8 Å². The van der Waals surface area contributed by atoms with Crippen molar-refractivity contribution in [3.63, 3.8) is 0 Å². The molecule has 1 atom stereocenters. The summed E-state index contributed by atoms with van der Waals surface area (Å²) in [6, 6.07) is 3.44. The number of halogens is 1. The fourth-order valence-corrected chi connectivity index (χ4v) is 4.48. The molecule has 1 saturated heterocycles. The maximum Gasteiger partial charge on any atom is 0.309 e. The number of carbonyl (C=O) groups excluding carboxylic acids is 2. The molecule has 10 heteroatoms. The second kappa shape index (κ2) is 9.25. The van der Waals surface area contributed by atoms with Gasteiger partial charge in [-0.1, -0.05) is 6.92 Å². The zero-order valence-electron chi connectivity index (χ0n) is 15.3. The first kappa shape index (κ1) is 21.3. The second-order valence-electron chi connectivity index (χ2n) is 6.17. The lowest BCUT2D eigenvalue weighted by Gasteiger charge is -2.34. The Morgan fingerprint density at radius 2 is 2.00 bits per heavy atom. The minimum atomic E-state index is -3.95. The molecule has 2 amide bonds. The number of aryl methyl sites for hydroxylation is 1. The molecule has 1 aromatic rings. The number of hydrogen-bond acceptors (Lipinski definition) is 5. The van der Waals surface area contributed by atoms with Gasteiger partial charge in [0.15, 0.2) is 0 Å². The SMILES string of the molecule is CCCNC(=O)C(=O)NC[C@@H]1OCCCN1S(=O)(=O)c1ccc(F)cc1C. The van der Waals surface area contributed by atoms with Gasteiger partial charge in [0.1, 0.15) is 12.0 Å². The largest absolute Gasteiger partial charge is 0.360 e. The third-order valence-electron chi connectivity index (χ3n) is 4.06. The van der Waals surface area contributed by atoms with E-state index in [2.05, 4.69) is 10.6 Å². The van der Waals surface area contributed by atoms with Gasteiger partial charge in [-0.3, -0.25) is 9.59 Å². The van der Waals surface area contributed by atoms with Crippen molar-refractivity contribution >= 4 is 21.8 Å². The van der Waals surface area contributed by atoms with Crippen LogP contribution in [0, 0.1) is 12.7 Å². The molecule has 2 rings (SSSR count). The van der Waals surface area contributed by atoms with Crippen molar-refractivity contribution in [1.29, 1.82) is 0 Å². The zero-order chi connectivity index (χ0) is 20.0. The van der Waals surface area contributed by atoms with E-state index in [1.165, 1.54) is 13.0 Å². The maximum atomic E-state index is 13.3. The van der Waals surface area contributed by atoms with E-state index in [9.17, 15) is 22.4 Å². The Morgan fingerprint density at radius 1 is 1.30 bits per heavy atom. The van der Waals surface area contributed by atoms with Gasteiger partial charge < -0.3 is 15.4 Å². The number of rotatable bonds is 6. The first-order chi connectivity index (χ1) is 12.8. The van der Waals surface area contributed by atoms with E-state index in [-0.39, 0.29) is 23.5 Å². The van der Waals surface area contributed by atoms with E-state index in [0.717, 1.165) is 16.4 Å². The number of hydrogen-bond donors (Lipinski definition) is 2. The molecule has 0 saturated carbocycles. The van der Waals surface area contributed by atoms with E-state index < -0.39 is 33.9 Å². The lowest BCUT2D eigenvalue weighted by molar-refractivity contribution is -0.140. The fourth-order valence-electron chi connectivity index (χ4n) is 2.71. The molecule has 8 nitrogen and oxygen atoms in total. The van der Waals surface area contributed by atoms with Crippen LogP contribution < -0.4 is 10.6 Å². The zero-order valence-corrected chi connectivity index (χ0v) is 16.1. The highest BCUT2D eigenvalue weighted by atomic mass is 32.2. The molecular weight excluding hydrogens is 377 g/mol. The smallest absolute Gasteiger partial charge is 0.309 e. The van der Waals surface area contributed by atoms with Crippen LogP contribution in [0.25, 0.3) is 0 Å². The summed E-state index contributed by atoms with van der Waals surface area (Å²) >= 11 is 0. The number of nitrogens with zero attached hydrogens (tertiary/aromatic N) is 1. The Balaban J connectivity index is 2.12. The first-order valence-electron chi connectivity index (χ1n) is 8.73. The molecule has 1 aliphatic rings. The molecule has 0 aromatic heterocycles. The summed E-state index contributed by atoms with van der Waals surface area (Å²) in [6.45, 7) is 4.09. The van der Waals surface area contributed by atoms with Crippen LogP contribution in [-0.4, -0.2) is 57.0 Å². The number of carbonyl (C=O) groups is 2. The highest BCUT2D eigenvalue weighted by Gasteiger charge is 2.35. The molecule has 0 unspecified atom stereocenters. The van der Waals surface area contributed by atoms with Gasteiger partial charge in [0.25, 0.3) is 0 Å². The summed E-state index contributed by atoms with van der Waals surface area (Å²) < 4.78 is 45.9. The average Bonchev–Trinajstić information content (AvgIpc) is 2.64. The van der Waals surface area contributed by atoms with Crippen LogP contribution in [0.3, 0.4) is 0 Å². The van der Waals surface area contributed by atoms with Crippen LogP contribution in [0.15, 0.2) is 23.1 Å². The van der Waals surface area contributed by atoms with Crippen molar-refractivity contribution in [2.75, 3.05) is 26.2 Å². The molecule has 0 radical (unpaired) electrons. The molecule has 1 aromatic carbocycles. The first-order valence-corrected chi connectivity index (χ1v) is 10.2. The summed E-state index contributed by atoms with van der Waals surface area (Å²) in [5, 5.41) is 4.84. The van der Waals surface area contributed by atoms with Crippen molar-refractivity contribution in [3.8, 4) is 0 Å². The minimum absolute atomic E-state index is 0.0218. The predicted octanol–water partition coefficient (Wildman–Crippen LogP) is 0.514. The normalized spacial score (nSPS) is 18.1.